The molecular weight excluding hydrogens is 749 g/mol. The third-order valence-electron chi connectivity index (χ3n) is 14.2. The predicted octanol–water partition coefficient (Wildman–Crippen LogP) is 6.59. The van der Waals surface area contributed by atoms with E-state index in [1.165, 1.54) is 4.88 Å². The molecule has 4 unspecified atom stereocenters. The Morgan fingerprint density at radius 3 is 2.30 bits per heavy atom. The van der Waals surface area contributed by atoms with Crippen LogP contribution in [0.25, 0.3) is 0 Å². The lowest BCUT2D eigenvalue weighted by Gasteiger charge is -2.44. The van der Waals surface area contributed by atoms with Crippen molar-refractivity contribution in [2.24, 2.45) is 23.7 Å². The van der Waals surface area contributed by atoms with Gasteiger partial charge in [0.1, 0.15) is 24.4 Å². The van der Waals surface area contributed by atoms with Crippen molar-refractivity contribution in [1.82, 2.24) is 9.88 Å². The molecule has 57 heavy (non-hydrogen) atoms. The number of cyclic esters (lactones) is 1. The van der Waals surface area contributed by atoms with E-state index in [1.54, 1.807) is 32.7 Å². The number of likely N-dealkylation sites (N-methyl/N-ethyl adjacent to an activating group) is 1. The summed E-state index contributed by atoms with van der Waals surface area (Å²) >= 11 is 1.79. The van der Waals surface area contributed by atoms with Gasteiger partial charge >= 0.3 is 5.97 Å². The summed E-state index contributed by atoms with van der Waals surface area (Å²) in [6, 6.07) is 0.326. The highest BCUT2D eigenvalue weighted by Gasteiger charge is 2.57. The Balaban J connectivity index is 1.19. The lowest BCUT2D eigenvalue weighted by atomic mass is 9.67. The molecule has 3 saturated heterocycles. The molecule has 0 aromatic carbocycles. The molecule has 7 rings (SSSR count). The topological polar surface area (TPSA) is 124 Å². The second-order valence-corrected chi connectivity index (χ2v) is 18.8. The number of methoxy groups -OCH3 is 3. The molecule has 4 fully saturated rings. The minimum absolute atomic E-state index is 0.0227. The second kappa shape index (κ2) is 18.4. The molecule has 0 bridgehead atoms. The second-order valence-electron chi connectivity index (χ2n) is 17.7. The number of fused-ring (bicyclic) bond motifs is 8. The molecule has 0 amide bonds. The van der Waals surface area contributed by atoms with E-state index in [4.69, 9.17) is 42.9 Å². The molecular formula is C44H68N2O10S. The van der Waals surface area contributed by atoms with Gasteiger partial charge in [0.2, 0.25) is 0 Å². The Morgan fingerprint density at radius 1 is 0.877 bits per heavy atom. The number of aryl methyl sites for hydroxylation is 1. The van der Waals surface area contributed by atoms with Crippen LogP contribution in [0.15, 0.2) is 11.6 Å². The molecule has 4 heterocycles. The number of carbonyl (C=O) groups excluding carboxylic acids is 2. The summed E-state index contributed by atoms with van der Waals surface area (Å²) in [5, 5.41) is 1.09. The largest absolute Gasteiger partial charge is 0.462 e. The smallest absolute Gasteiger partial charge is 0.306 e. The lowest BCUT2D eigenvalue weighted by molar-refractivity contribution is -0.314. The Labute approximate surface area is 344 Å². The summed E-state index contributed by atoms with van der Waals surface area (Å²) in [5.41, 5.74) is 1.79. The van der Waals surface area contributed by atoms with Gasteiger partial charge in [-0.25, -0.2) is 4.98 Å². The lowest BCUT2D eigenvalue weighted by Crippen LogP contribution is -2.59. The van der Waals surface area contributed by atoms with Crippen LogP contribution in [-0.2, 0) is 53.9 Å². The third-order valence-corrected chi connectivity index (χ3v) is 15.6. The number of nitrogens with zero attached hydrogens (tertiary/aromatic N) is 2. The van der Waals surface area contributed by atoms with Crippen molar-refractivity contribution in [3.63, 3.8) is 0 Å². The zero-order valence-corrected chi connectivity index (χ0v) is 36.7. The van der Waals surface area contributed by atoms with Crippen LogP contribution in [0, 0.1) is 23.7 Å². The van der Waals surface area contributed by atoms with Crippen molar-refractivity contribution >= 4 is 23.1 Å². The van der Waals surface area contributed by atoms with Gasteiger partial charge in [-0.2, -0.15) is 0 Å². The molecule has 12 nitrogen and oxygen atoms in total. The van der Waals surface area contributed by atoms with Crippen molar-refractivity contribution in [3.05, 3.63) is 27.2 Å². The highest BCUT2D eigenvalue weighted by molar-refractivity contribution is 7.11. The molecule has 0 radical (unpaired) electrons. The number of ether oxygens (including phenoxy) is 8. The average Bonchev–Trinajstić information content (AvgIpc) is 3.91. The highest BCUT2D eigenvalue weighted by atomic mass is 32.1. The number of allylic oxidation sites excluding steroid dienone is 2. The number of rotatable bonds is 10. The first-order chi connectivity index (χ1) is 27.4. The van der Waals surface area contributed by atoms with Crippen LogP contribution in [0.2, 0.25) is 0 Å². The molecule has 13 heteroatoms. The van der Waals surface area contributed by atoms with E-state index in [0.29, 0.717) is 12.5 Å². The van der Waals surface area contributed by atoms with Gasteiger partial charge in [-0.1, -0.05) is 26.8 Å². The first-order valence-electron chi connectivity index (χ1n) is 21.7. The van der Waals surface area contributed by atoms with E-state index < -0.39 is 18.3 Å². The monoisotopic (exact) mass is 816 g/mol. The minimum atomic E-state index is -0.628. The van der Waals surface area contributed by atoms with Crippen molar-refractivity contribution in [2.45, 2.75) is 178 Å². The molecule has 1 saturated carbocycles. The maximum Gasteiger partial charge on any atom is 0.306 e. The maximum atomic E-state index is 15.0. The zero-order valence-electron chi connectivity index (χ0n) is 35.8. The predicted molar refractivity (Wildman–Crippen MR) is 215 cm³/mol. The molecule has 0 spiro atoms. The minimum Gasteiger partial charge on any atom is -0.462 e. The fraction of sp³-hybridized carbons (Fsp3) is 0.841. The van der Waals surface area contributed by atoms with Crippen LogP contribution >= 0.6 is 11.3 Å². The van der Waals surface area contributed by atoms with E-state index in [1.807, 2.05) is 13.8 Å². The van der Waals surface area contributed by atoms with Gasteiger partial charge in [0.05, 0.1) is 41.5 Å². The fourth-order valence-electron chi connectivity index (χ4n) is 11.3. The van der Waals surface area contributed by atoms with Crippen molar-refractivity contribution in [1.29, 1.82) is 0 Å². The first kappa shape index (κ1) is 43.3. The fourth-order valence-corrected chi connectivity index (χ4v) is 12.5. The highest BCUT2D eigenvalue weighted by Crippen LogP contribution is 2.62. The van der Waals surface area contributed by atoms with Crippen molar-refractivity contribution in [2.75, 3.05) is 35.4 Å². The number of carbonyl (C=O) groups is 2. The number of ketones is 1. The molecule has 320 valence electrons. The number of hydrogen-bond donors (Lipinski definition) is 0. The number of hydrogen-bond acceptors (Lipinski definition) is 13. The molecule has 3 aliphatic carbocycles. The van der Waals surface area contributed by atoms with Gasteiger partial charge in [-0.3, -0.25) is 9.59 Å². The number of thiazole rings is 1. The molecule has 1 aromatic rings. The van der Waals surface area contributed by atoms with Gasteiger partial charge in [0, 0.05) is 55.9 Å². The summed E-state index contributed by atoms with van der Waals surface area (Å²) in [7, 11) is 9.17. The SMILES string of the molecule is CCc1nc2c(s1)[C@@H]1C[C@@H](O[C@@H]3OC(C)[C@H](OC)C(OC)C3OC)C[C@H]1[C@@H]1C=C3C(=O)[C@H](C)[C@@H](O[C@H]4CC[C@H](N(C)C)C(C)O4)CCC[C@H](CC)OC(=O)C[C@H]3[C@H]21. The van der Waals surface area contributed by atoms with E-state index in [2.05, 4.69) is 45.8 Å². The molecule has 0 N–H and O–H groups in total. The van der Waals surface area contributed by atoms with Crippen LogP contribution in [0.3, 0.4) is 0 Å². The Morgan fingerprint density at radius 2 is 1.63 bits per heavy atom. The van der Waals surface area contributed by atoms with Crippen LogP contribution in [0.4, 0.5) is 0 Å². The quantitative estimate of drug-likeness (QED) is 0.237. The Kier molecular flexibility index (Phi) is 14.0. The van der Waals surface area contributed by atoms with Crippen molar-refractivity contribution < 1.29 is 47.5 Å². The molecule has 6 aliphatic rings. The third kappa shape index (κ3) is 8.58. The van der Waals surface area contributed by atoms with E-state index in [-0.39, 0.29) is 96.8 Å². The Bertz CT molecular complexity index is 1590. The summed E-state index contributed by atoms with van der Waals surface area (Å²) in [5.74, 6) is -0.553. The van der Waals surface area contributed by atoms with Gasteiger partial charge < -0.3 is 42.8 Å². The molecule has 3 aliphatic heterocycles. The van der Waals surface area contributed by atoms with Crippen molar-refractivity contribution in [3.8, 4) is 0 Å². The first-order valence-corrected chi connectivity index (χ1v) is 22.5. The average molecular weight is 817 g/mol. The summed E-state index contributed by atoms with van der Waals surface area (Å²) in [4.78, 5) is 37.7. The summed E-state index contributed by atoms with van der Waals surface area (Å²) < 4.78 is 50.3. The standard InChI is InChI=1S/C44H68N2O10S/c1-11-25-14-13-15-33(56-36-17-16-32(46(6)7)23(4)52-36)22(3)39(48)30-20-28-27-18-26(55-44-42(51-10)41(50-9)40(49-8)24(5)53-44)19-31(27)43-38(45-34(12-2)57-43)37(28)29(30)21-35(47)54-25/h20,22-29,31-33,36-37,40-42,44H,11-19,21H2,1-10H3/t22-,23?,24?,25+,26+,27+,28+,29-,31-,32+,33+,36+,37-,40+,41?,42?,44+/m1/s1. The molecule has 1 aromatic heterocycles. The van der Waals surface area contributed by atoms with E-state index >= 15 is 4.79 Å². The summed E-state index contributed by atoms with van der Waals surface area (Å²) in [6.07, 6.45) is 6.59. The van der Waals surface area contributed by atoms with Crippen LogP contribution in [0.5, 0.6) is 0 Å². The molecule has 17 atom stereocenters. The van der Waals surface area contributed by atoms with Crippen LogP contribution in [0.1, 0.15) is 120 Å². The van der Waals surface area contributed by atoms with Gasteiger partial charge in [0.15, 0.2) is 18.4 Å². The van der Waals surface area contributed by atoms with Gasteiger partial charge in [-0.05, 0) is 103 Å². The normalized spacial score (nSPS) is 42.6. The number of Topliss-reactive ketones (excluding diaryl/α,β-unsaturated/α-hetero) is 1. The van der Waals surface area contributed by atoms with E-state index in [9.17, 15) is 4.79 Å². The van der Waals surface area contributed by atoms with E-state index in [0.717, 1.165) is 67.6 Å². The Hall–Kier alpha value is -1.81. The number of esters is 1. The van der Waals surface area contributed by atoms with Gasteiger partial charge in [0.25, 0.3) is 0 Å². The number of aromatic nitrogens is 1. The zero-order chi connectivity index (χ0) is 40.7. The van der Waals surface area contributed by atoms with Crippen LogP contribution in [-0.4, -0.2) is 125 Å². The van der Waals surface area contributed by atoms with Gasteiger partial charge in [-0.15, -0.1) is 11.3 Å². The van der Waals surface area contributed by atoms with Crippen LogP contribution < -0.4 is 0 Å². The summed E-state index contributed by atoms with van der Waals surface area (Å²) in [6.45, 7) is 10.3. The maximum absolute atomic E-state index is 15.0.